The van der Waals surface area contributed by atoms with Crippen molar-refractivity contribution in [3.05, 3.63) is 63.4 Å². The molecule has 0 N–H and O–H groups in total. The molecule has 0 unspecified atom stereocenters. The van der Waals surface area contributed by atoms with Gasteiger partial charge in [-0.1, -0.05) is 31.5 Å². The molecule has 7 heteroatoms. The number of aromatic nitrogens is 2. The van der Waals surface area contributed by atoms with Crippen LogP contribution >= 0.6 is 0 Å². The summed E-state index contributed by atoms with van der Waals surface area (Å²) in [5, 5.41) is 1.02. The lowest BCUT2D eigenvalue weighted by molar-refractivity contribution is -0.158. The number of nitrogens with zero attached hydrogens (tertiary/aromatic N) is 3. The van der Waals surface area contributed by atoms with Crippen molar-refractivity contribution in [1.82, 2.24) is 14.5 Å². The summed E-state index contributed by atoms with van der Waals surface area (Å²) in [5.41, 5.74) is 2.51. The number of Topliss-reactive ketones (excluding diaryl/α,β-unsaturated/α-hetero) is 1. The monoisotopic (exact) mass is 471 g/mol. The van der Waals surface area contributed by atoms with Crippen LogP contribution in [0.5, 0.6) is 0 Å². The van der Waals surface area contributed by atoms with Crippen molar-refractivity contribution in [2.24, 2.45) is 0 Å². The van der Waals surface area contributed by atoms with Crippen LogP contribution in [-0.4, -0.2) is 45.8 Å². The molecule has 0 amide bonds. The molecular weight excluding hydrogens is 442 g/mol. The molecule has 1 aromatic carbocycles. The Hall–Kier alpha value is -3.32. The minimum Gasteiger partial charge on any atom is -0.460 e. The molecule has 5 heterocycles. The van der Waals surface area contributed by atoms with Gasteiger partial charge in [-0.3, -0.25) is 14.4 Å². The van der Waals surface area contributed by atoms with Crippen molar-refractivity contribution in [3.63, 3.8) is 0 Å². The molecule has 6 rings (SSSR count). The lowest BCUT2D eigenvalue weighted by Gasteiger charge is -2.36. The predicted octanol–water partition coefficient (Wildman–Crippen LogP) is 3.57. The number of cyclic esters (lactones) is 1. The molecule has 180 valence electrons. The highest BCUT2D eigenvalue weighted by Gasteiger charge is 2.51. The van der Waals surface area contributed by atoms with E-state index in [1.807, 2.05) is 37.3 Å². The number of carbonyl (C=O) groups excluding carboxylic acids is 2. The van der Waals surface area contributed by atoms with E-state index in [1.54, 1.807) is 4.57 Å². The van der Waals surface area contributed by atoms with E-state index in [0.29, 0.717) is 29.9 Å². The van der Waals surface area contributed by atoms with E-state index in [-0.39, 0.29) is 30.8 Å². The van der Waals surface area contributed by atoms with E-state index in [4.69, 9.17) is 9.72 Å². The van der Waals surface area contributed by atoms with Crippen molar-refractivity contribution in [2.45, 2.75) is 57.6 Å². The van der Waals surface area contributed by atoms with Crippen LogP contribution in [0.15, 0.2) is 41.2 Å². The third-order valence-corrected chi connectivity index (χ3v) is 8.04. The number of hydrogen-bond donors (Lipinski definition) is 0. The number of benzene rings is 1. The second-order valence-corrected chi connectivity index (χ2v) is 9.91. The number of carbonyl (C=O) groups is 2. The summed E-state index contributed by atoms with van der Waals surface area (Å²) in [6, 6.07) is 11.8. The lowest BCUT2D eigenvalue weighted by atomic mass is 9.70. The standard InChI is InChI=1S/C28H29N3O4/c1-2-28(24(32)10-13-30-11-6-3-7-12-30)21-15-23-25-19(14-18-8-4-5-9-22(18)29-25)16-31(23)26(33)20(21)17-35-27(28)34/h4-5,8-9,14-15H,2-3,6-7,10-13,16-17H2,1H3/t28-/m1/s1. The summed E-state index contributed by atoms with van der Waals surface area (Å²) in [4.78, 5) is 47.8. The Bertz CT molecular complexity index is 1420. The molecule has 35 heavy (non-hydrogen) atoms. The fourth-order valence-corrected chi connectivity index (χ4v) is 6.06. The molecule has 1 atom stereocenters. The molecule has 3 aliphatic heterocycles. The molecule has 0 spiro atoms. The van der Waals surface area contributed by atoms with Gasteiger partial charge in [0.1, 0.15) is 6.61 Å². The van der Waals surface area contributed by atoms with Crippen LogP contribution < -0.4 is 5.56 Å². The number of rotatable bonds is 5. The Morgan fingerprint density at radius 3 is 2.71 bits per heavy atom. The third kappa shape index (κ3) is 3.36. The van der Waals surface area contributed by atoms with E-state index >= 15 is 0 Å². The molecule has 7 nitrogen and oxygen atoms in total. The van der Waals surface area contributed by atoms with Crippen LogP contribution in [0.25, 0.3) is 22.3 Å². The average Bonchev–Trinajstić information content (AvgIpc) is 3.24. The number of hydrogen-bond acceptors (Lipinski definition) is 6. The minimum atomic E-state index is -1.45. The van der Waals surface area contributed by atoms with E-state index < -0.39 is 11.4 Å². The number of pyridine rings is 2. The van der Waals surface area contributed by atoms with Crippen LogP contribution in [0, 0.1) is 0 Å². The molecule has 1 saturated heterocycles. The molecule has 0 saturated carbocycles. The van der Waals surface area contributed by atoms with Gasteiger partial charge in [0.25, 0.3) is 5.56 Å². The molecule has 3 aromatic rings. The second kappa shape index (κ2) is 8.41. The number of para-hydroxylation sites is 1. The summed E-state index contributed by atoms with van der Waals surface area (Å²) in [7, 11) is 0. The normalized spacial score (nSPS) is 21.3. The van der Waals surface area contributed by atoms with Crippen molar-refractivity contribution in [1.29, 1.82) is 0 Å². The van der Waals surface area contributed by atoms with Gasteiger partial charge in [0.2, 0.25) is 0 Å². The number of piperidine rings is 1. The Morgan fingerprint density at radius 1 is 1.11 bits per heavy atom. The fraction of sp³-hybridized carbons (Fsp3) is 0.429. The molecule has 3 aliphatic rings. The van der Waals surface area contributed by atoms with Gasteiger partial charge in [0.05, 0.1) is 29.0 Å². The zero-order valence-corrected chi connectivity index (χ0v) is 20.0. The van der Waals surface area contributed by atoms with Crippen molar-refractivity contribution < 1.29 is 14.3 Å². The molecular formula is C28H29N3O4. The third-order valence-electron chi connectivity index (χ3n) is 8.04. The number of ketones is 1. The zero-order valence-electron chi connectivity index (χ0n) is 20.0. The van der Waals surface area contributed by atoms with Gasteiger partial charge in [0.15, 0.2) is 11.2 Å². The van der Waals surface area contributed by atoms with Crippen molar-refractivity contribution in [3.8, 4) is 11.4 Å². The Balaban J connectivity index is 1.45. The minimum absolute atomic E-state index is 0.0970. The maximum atomic E-state index is 13.7. The van der Waals surface area contributed by atoms with Crippen molar-refractivity contribution >= 4 is 22.7 Å². The van der Waals surface area contributed by atoms with Gasteiger partial charge >= 0.3 is 5.97 Å². The number of likely N-dealkylation sites (tertiary alicyclic amines) is 1. The second-order valence-electron chi connectivity index (χ2n) is 9.91. The van der Waals surface area contributed by atoms with Gasteiger partial charge < -0.3 is 14.2 Å². The van der Waals surface area contributed by atoms with Crippen LogP contribution in [0.1, 0.15) is 55.7 Å². The lowest BCUT2D eigenvalue weighted by Crippen LogP contribution is -2.50. The number of fused-ring (bicyclic) bond motifs is 5. The highest BCUT2D eigenvalue weighted by Crippen LogP contribution is 2.41. The Morgan fingerprint density at radius 2 is 1.91 bits per heavy atom. The van der Waals surface area contributed by atoms with Crippen LogP contribution in [0.4, 0.5) is 0 Å². The topological polar surface area (TPSA) is 81.5 Å². The smallest absolute Gasteiger partial charge is 0.324 e. The molecule has 0 radical (unpaired) electrons. The number of esters is 1. The van der Waals surface area contributed by atoms with Crippen molar-refractivity contribution in [2.75, 3.05) is 19.6 Å². The number of ether oxygens (including phenoxy) is 1. The maximum Gasteiger partial charge on any atom is 0.324 e. The first-order valence-corrected chi connectivity index (χ1v) is 12.6. The maximum absolute atomic E-state index is 13.7. The summed E-state index contributed by atoms with van der Waals surface area (Å²) < 4.78 is 7.20. The quantitative estimate of drug-likeness (QED) is 0.327. The highest BCUT2D eigenvalue weighted by molar-refractivity contribution is 6.10. The highest BCUT2D eigenvalue weighted by atomic mass is 16.5. The summed E-state index contributed by atoms with van der Waals surface area (Å²) >= 11 is 0. The summed E-state index contributed by atoms with van der Waals surface area (Å²) in [5.74, 6) is -0.698. The van der Waals surface area contributed by atoms with E-state index in [0.717, 1.165) is 48.1 Å². The van der Waals surface area contributed by atoms with Crippen LogP contribution in [0.3, 0.4) is 0 Å². The molecule has 0 aliphatic carbocycles. The Labute approximate surface area is 203 Å². The van der Waals surface area contributed by atoms with E-state index in [2.05, 4.69) is 11.0 Å². The van der Waals surface area contributed by atoms with Crippen LogP contribution in [0.2, 0.25) is 0 Å². The van der Waals surface area contributed by atoms with E-state index in [1.165, 1.54) is 6.42 Å². The summed E-state index contributed by atoms with van der Waals surface area (Å²) in [6.45, 7) is 4.76. The zero-order chi connectivity index (χ0) is 24.2. The average molecular weight is 472 g/mol. The Kier molecular flexibility index (Phi) is 5.33. The van der Waals surface area contributed by atoms with Gasteiger partial charge in [-0.15, -0.1) is 0 Å². The largest absolute Gasteiger partial charge is 0.460 e. The van der Waals surface area contributed by atoms with Crippen LogP contribution in [-0.2, 0) is 32.9 Å². The van der Waals surface area contributed by atoms with Gasteiger partial charge in [-0.2, -0.15) is 0 Å². The first-order valence-electron chi connectivity index (χ1n) is 12.6. The van der Waals surface area contributed by atoms with Gasteiger partial charge in [0, 0.05) is 23.9 Å². The molecule has 0 bridgehead atoms. The fourth-order valence-electron chi connectivity index (χ4n) is 6.06. The predicted molar refractivity (Wildman–Crippen MR) is 132 cm³/mol. The molecule has 1 fully saturated rings. The first kappa shape index (κ1) is 22.2. The SMILES string of the molecule is CC[C@@]1(C(=O)CCN2CCCCC2)C(=O)OCc2c1cc1n(c2=O)Cc2cc3ccccc3nc2-1. The summed E-state index contributed by atoms with van der Waals surface area (Å²) in [6.07, 6.45) is 4.03. The van der Waals surface area contributed by atoms with Gasteiger partial charge in [-0.25, -0.2) is 4.98 Å². The van der Waals surface area contributed by atoms with Gasteiger partial charge in [-0.05, 0) is 56.1 Å². The van der Waals surface area contributed by atoms with E-state index in [9.17, 15) is 14.4 Å². The first-order chi connectivity index (χ1) is 17.0. The molecule has 2 aromatic heterocycles.